The average molecular weight is 390 g/mol. The fourth-order valence-electron chi connectivity index (χ4n) is 4.96. The molecule has 156 valence electrons. The van der Waals surface area contributed by atoms with Gasteiger partial charge in [-0.2, -0.15) is 0 Å². The number of amides is 2. The topological polar surface area (TPSA) is 68.2 Å². The summed E-state index contributed by atoms with van der Waals surface area (Å²) in [5, 5.41) is 3.02. The van der Waals surface area contributed by atoms with Gasteiger partial charge in [-0.25, -0.2) is 4.99 Å². The van der Waals surface area contributed by atoms with Crippen molar-refractivity contribution in [1.29, 1.82) is 0 Å². The maximum atomic E-state index is 12.7. The first kappa shape index (κ1) is 19.7. The number of hydrogen-bond donors (Lipinski definition) is 1. The largest absolute Gasteiger partial charge is 0.343 e. The zero-order chi connectivity index (χ0) is 19.7. The average Bonchev–Trinajstić information content (AvgIpc) is 3.49. The van der Waals surface area contributed by atoms with E-state index in [4.69, 9.17) is 4.99 Å². The van der Waals surface area contributed by atoms with Crippen LogP contribution in [0.2, 0.25) is 0 Å². The number of piperidine rings is 1. The number of guanidine groups is 1. The molecule has 2 amide bonds. The molecule has 3 fully saturated rings. The first-order valence-electron chi connectivity index (χ1n) is 11.2. The molecule has 7 heteroatoms. The summed E-state index contributed by atoms with van der Waals surface area (Å²) in [4.78, 5) is 36.7. The highest BCUT2D eigenvalue weighted by atomic mass is 16.2. The fourth-order valence-corrected chi connectivity index (χ4v) is 4.96. The molecule has 0 radical (unpaired) electrons. The maximum absolute atomic E-state index is 12.7. The van der Waals surface area contributed by atoms with Gasteiger partial charge in [-0.3, -0.25) is 14.9 Å². The van der Waals surface area contributed by atoms with Crippen molar-refractivity contribution in [2.45, 2.75) is 70.4 Å². The van der Waals surface area contributed by atoms with Crippen LogP contribution in [-0.4, -0.2) is 83.3 Å². The predicted octanol–water partition coefficient (Wildman–Crippen LogP) is 1.44. The molecule has 1 spiro atoms. The Morgan fingerprint density at radius 1 is 1.07 bits per heavy atom. The van der Waals surface area contributed by atoms with E-state index in [-0.39, 0.29) is 5.91 Å². The zero-order valence-electron chi connectivity index (χ0n) is 17.5. The Kier molecular flexibility index (Phi) is 5.63. The fraction of sp³-hybridized carbons (Fsp3) is 0.857. The number of nitrogens with zero attached hydrogens (tertiary/aromatic N) is 4. The van der Waals surface area contributed by atoms with Gasteiger partial charge in [0.2, 0.25) is 11.9 Å². The standard InChI is InChI=1S/C21H35N5O2/c1-3-24(4-2)20-22-19(28)21(23-20)10-13-25(14-11-21)17-7-8-18(27)26(12-9-17)15-16-5-6-16/h16-17H,3-15H2,1-2H3,(H,22,23,28)/t17-/m0/s1. The van der Waals surface area contributed by atoms with Crippen LogP contribution in [-0.2, 0) is 9.59 Å². The van der Waals surface area contributed by atoms with E-state index < -0.39 is 5.54 Å². The molecule has 4 aliphatic rings. The second kappa shape index (κ2) is 8.01. The highest BCUT2D eigenvalue weighted by Crippen LogP contribution is 2.34. The number of rotatable bonds is 5. The molecule has 0 unspecified atom stereocenters. The van der Waals surface area contributed by atoms with Gasteiger partial charge in [0.1, 0.15) is 5.54 Å². The molecular formula is C21H35N5O2. The van der Waals surface area contributed by atoms with E-state index >= 15 is 0 Å². The molecule has 28 heavy (non-hydrogen) atoms. The van der Waals surface area contributed by atoms with Crippen molar-refractivity contribution in [3.8, 4) is 0 Å². The van der Waals surface area contributed by atoms with Gasteiger partial charge in [0.05, 0.1) is 0 Å². The third kappa shape index (κ3) is 3.91. The number of aliphatic imine (C=N–C) groups is 1. The molecule has 1 saturated carbocycles. The van der Waals surface area contributed by atoms with Gasteiger partial charge in [0.15, 0.2) is 0 Å². The first-order chi connectivity index (χ1) is 13.5. The van der Waals surface area contributed by atoms with Crippen LogP contribution in [0.4, 0.5) is 0 Å². The molecule has 2 saturated heterocycles. The molecule has 7 nitrogen and oxygen atoms in total. The molecule has 0 aromatic rings. The first-order valence-corrected chi connectivity index (χ1v) is 11.2. The minimum atomic E-state index is -0.576. The highest BCUT2D eigenvalue weighted by molar-refractivity contribution is 6.07. The number of carbonyl (C=O) groups excluding carboxylic acids is 2. The van der Waals surface area contributed by atoms with Gasteiger partial charge in [-0.1, -0.05) is 0 Å². The monoisotopic (exact) mass is 389 g/mol. The second-order valence-electron chi connectivity index (χ2n) is 8.89. The highest BCUT2D eigenvalue weighted by Gasteiger charge is 2.47. The van der Waals surface area contributed by atoms with Crippen molar-refractivity contribution in [1.82, 2.24) is 20.0 Å². The summed E-state index contributed by atoms with van der Waals surface area (Å²) in [5.41, 5.74) is -0.576. The number of carbonyl (C=O) groups is 2. The van der Waals surface area contributed by atoms with E-state index in [1.165, 1.54) is 12.8 Å². The molecular weight excluding hydrogens is 354 g/mol. The molecule has 1 atom stereocenters. The van der Waals surface area contributed by atoms with Gasteiger partial charge < -0.3 is 14.7 Å². The van der Waals surface area contributed by atoms with Gasteiger partial charge in [0.25, 0.3) is 5.91 Å². The summed E-state index contributed by atoms with van der Waals surface area (Å²) in [5.74, 6) is 1.92. The second-order valence-corrected chi connectivity index (χ2v) is 8.89. The summed E-state index contributed by atoms with van der Waals surface area (Å²) in [6, 6.07) is 0.459. The van der Waals surface area contributed by atoms with Crippen LogP contribution in [0, 0.1) is 5.92 Å². The lowest BCUT2D eigenvalue weighted by atomic mass is 9.87. The number of likely N-dealkylation sites (tertiary alicyclic amines) is 2. The van der Waals surface area contributed by atoms with E-state index in [1.807, 2.05) is 0 Å². The van der Waals surface area contributed by atoms with E-state index in [0.717, 1.165) is 76.8 Å². The van der Waals surface area contributed by atoms with Crippen LogP contribution in [0.3, 0.4) is 0 Å². The summed E-state index contributed by atoms with van der Waals surface area (Å²) < 4.78 is 0. The van der Waals surface area contributed by atoms with Crippen molar-refractivity contribution in [3.63, 3.8) is 0 Å². The van der Waals surface area contributed by atoms with Crippen LogP contribution in [0.5, 0.6) is 0 Å². The molecule has 0 aromatic carbocycles. The number of nitrogens with one attached hydrogen (secondary N) is 1. The quantitative estimate of drug-likeness (QED) is 0.773. The normalized spacial score (nSPS) is 28.3. The third-order valence-corrected chi connectivity index (χ3v) is 7.12. The van der Waals surface area contributed by atoms with Crippen LogP contribution >= 0.6 is 0 Å². The molecule has 1 aliphatic carbocycles. The Balaban J connectivity index is 1.35. The summed E-state index contributed by atoms with van der Waals surface area (Å²) in [6.07, 6.45) is 6.82. The van der Waals surface area contributed by atoms with E-state index in [2.05, 4.69) is 33.9 Å². The molecule has 3 heterocycles. The lowest BCUT2D eigenvalue weighted by molar-refractivity contribution is -0.131. The van der Waals surface area contributed by atoms with E-state index in [9.17, 15) is 9.59 Å². The van der Waals surface area contributed by atoms with Crippen molar-refractivity contribution in [2.24, 2.45) is 10.9 Å². The Hall–Kier alpha value is -1.63. The van der Waals surface area contributed by atoms with Crippen molar-refractivity contribution in [3.05, 3.63) is 0 Å². The molecule has 0 aromatic heterocycles. The van der Waals surface area contributed by atoms with Gasteiger partial charge >= 0.3 is 0 Å². The Labute approximate surface area is 168 Å². The van der Waals surface area contributed by atoms with Crippen LogP contribution in [0.15, 0.2) is 4.99 Å². The third-order valence-electron chi connectivity index (χ3n) is 7.12. The minimum absolute atomic E-state index is 0.0701. The summed E-state index contributed by atoms with van der Waals surface area (Å²) in [6.45, 7) is 9.53. The number of hydrogen-bond acceptors (Lipinski definition) is 5. The van der Waals surface area contributed by atoms with Crippen LogP contribution < -0.4 is 5.32 Å². The summed E-state index contributed by atoms with van der Waals surface area (Å²) >= 11 is 0. The summed E-state index contributed by atoms with van der Waals surface area (Å²) in [7, 11) is 0. The van der Waals surface area contributed by atoms with E-state index in [1.54, 1.807) is 0 Å². The maximum Gasteiger partial charge on any atom is 0.254 e. The van der Waals surface area contributed by atoms with Crippen LogP contribution in [0.25, 0.3) is 0 Å². The Morgan fingerprint density at radius 3 is 2.43 bits per heavy atom. The smallest absolute Gasteiger partial charge is 0.254 e. The SMILES string of the molecule is CCN(CC)C1=NC2(CCN([C@H]3CCC(=O)N(CC4CC4)CC3)CC2)C(=O)N1. The van der Waals surface area contributed by atoms with Crippen molar-refractivity contribution >= 4 is 17.8 Å². The van der Waals surface area contributed by atoms with Crippen molar-refractivity contribution < 1.29 is 9.59 Å². The molecule has 3 aliphatic heterocycles. The lowest BCUT2D eigenvalue weighted by Crippen LogP contribution is -2.52. The molecule has 1 N–H and O–H groups in total. The lowest BCUT2D eigenvalue weighted by Gasteiger charge is -2.39. The van der Waals surface area contributed by atoms with Crippen molar-refractivity contribution in [2.75, 3.05) is 39.3 Å². The molecule has 4 rings (SSSR count). The zero-order valence-corrected chi connectivity index (χ0v) is 17.5. The van der Waals surface area contributed by atoms with Crippen LogP contribution in [0.1, 0.15) is 58.8 Å². The Bertz CT molecular complexity index is 633. The molecule has 0 bridgehead atoms. The Morgan fingerprint density at radius 2 is 1.79 bits per heavy atom. The van der Waals surface area contributed by atoms with E-state index in [0.29, 0.717) is 18.4 Å². The minimum Gasteiger partial charge on any atom is -0.343 e. The van der Waals surface area contributed by atoms with Gasteiger partial charge in [-0.15, -0.1) is 0 Å². The van der Waals surface area contributed by atoms with Gasteiger partial charge in [0, 0.05) is 51.7 Å². The predicted molar refractivity (Wildman–Crippen MR) is 109 cm³/mol. The van der Waals surface area contributed by atoms with Gasteiger partial charge in [-0.05, 0) is 58.3 Å².